The summed E-state index contributed by atoms with van der Waals surface area (Å²) in [7, 11) is 0. The Morgan fingerprint density at radius 3 is 2.76 bits per heavy atom. The SMILES string of the molecule is CCCNc1nc(SC(C)C(C)O)nc(-n2cncn2)n1. The summed E-state index contributed by atoms with van der Waals surface area (Å²) in [5, 5.41) is 17.3. The number of nitrogens with one attached hydrogen (secondary N) is 1. The first-order valence-corrected chi connectivity index (χ1v) is 7.67. The molecule has 0 aliphatic heterocycles. The molecule has 0 spiro atoms. The fourth-order valence-electron chi connectivity index (χ4n) is 1.39. The average Bonchev–Trinajstić information content (AvgIpc) is 2.99. The maximum atomic E-state index is 9.61. The maximum absolute atomic E-state index is 9.61. The highest BCUT2D eigenvalue weighted by atomic mass is 32.2. The zero-order chi connectivity index (χ0) is 15.2. The first kappa shape index (κ1) is 15.6. The van der Waals surface area contributed by atoms with Crippen molar-refractivity contribution in [3.8, 4) is 5.95 Å². The summed E-state index contributed by atoms with van der Waals surface area (Å²) in [5.74, 6) is 0.902. The molecule has 0 fully saturated rings. The van der Waals surface area contributed by atoms with Crippen LogP contribution in [0, 0.1) is 0 Å². The van der Waals surface area contributed by atoms with E-state index in [4.69, 9.17) is 0 Å². The summed E-state index contributed by atoms with van der Waals surface area (Å²) in [4.78, 5) is 16.9. The molecular formula is C12H19N7OS. The first-order valence-electron chi connectivity index (χ1n) is 6.79. The van der Waals surface area contributed by atoms with Crippen LogP contribution in [0.5, 0.6) is 0 Å². The summed E-state index contributed by atoms with van der Waals surface area (Å²) in [6, 6.07) is 0. The number of hydrogen-bond acceptors (Lipinski definition) is 8. The van der Waals surface area contributed by atoms with Gasteiger partial charge < -0.3 is 10.4 Å². The van der Waals surface area contributed by atoms with E-state index >= 15 is 0 Å². The molecule has 0 saturated carbocycles. The minimum Gasteiger partial charge on any atom is -0.392 e. The van der Waals surface area contributed by atoms with E-state index in [1.165, 1.54) is 29.1 Å². The van der Waals surface area contributed by atoms with Crippen molar-refractivity contribution >= 4 is 17.7 Å². The number of anilines is 1. The molecule has 2 aromatic rings. The number of hydrogen-bond donors (Lipinski definition) is 2. The van der Waals surface area contributed by atoms with Crippen molar-refractivity contribution in [2.75, 3.05) is 11.9 Å². The molecule has 2 atom stereocenters. The van der Waals surface area contributed by atoms with E-state index in [2.05, 4.69) is 37.3 Å². The Kier molecular flexibility index (Phi) is 5.45. The van der Waals surface area contributed by atoms with Crippen LogP contribution < -0.4 is 5.32 Å². The van der Waals surface area contributed by atoms with Crippen LogP contribution in [-0.2, 0) is 0 Å². The second-order valence-corrected chi connectivity index (χ2v) is 5.92. The van der Waals surface area contributed by atoms with Crippen LogP contribution in [0.15, 0.2) is 17.8 Å². The Labute approximate surface area is 127 Å². The molecule has 2 unspecified atom stereocenters. The van der Waals surface area contributed by atoms with Gasteiger partial charge in [-0.2, -0.15) is 24.7 Å². The van der Waals surface area contributed by atoms with Gasteiger partial charge in [-0.05, 0) is 13.3 Å². The molecule has 114 valence electrons. The van der Waals surface area contributed by atoms with E-state index in [9.17, 15) is 5.11 Å². The van der Waals surface area contributed by atoms with Crippen molar-refractivity contribution < 1.29 is 5.11 Å². The number of aromatic nitrogens is 6. The van der Waals surface area contributed by atoms with Gasteiger partial charge in [0.2, 0.25) is 5.95 Å². The molecule has 0 saturated heterocycles. The molecule has 21 heavy (non-hydrogen) atoms. The molecule has 0 aliphatic rings. The summed E-state index contributed by atoms with van der Waals surface area (Å²) in [6.07, 6.45) is 3.48. The van der Waals surface area contributed by atoms with Crippen LogP contribution in [0.25, 0.3) is 5.95 Å². The third-order valence-electron chi connectivity index (χ3n) is 2.73. The lowest BCUT2D eigenvalue weighted by Crippen LogP contribution is -2.17. The van der Waals surface area contributed by atoms with E-state index in [1.807, 2.05) is 6.92 Å². The highest BCUT2D eigenvalue weighted by molar-refractivity contribution is 7.99. The number of thioether (sulfide) groups is 1. The van der Waals surface area contributed by atoms with Crippen LogP contribution in [-0.4, -0.2) is 52.7 Å². The first-order chi connectivity index (χ1) is 10.1. The van der Waals surface area contributed by atoms with E-state index in [1.54, 1.807) is 6.92 Å². The molecule has 0 amide bonds. The van der Waals surface area contributed by atoms with Gasteiger partial charge in [-0.3, -0.25) is 0 Å². The van der Waals surface area contributed by atoms with Crippen LogP contribution in [0.4, 0.5) is 5.95 Å². The minimum absolute atomic E-state index is 0.0185. The quantitative estimate of drug-likeness (QED) is 0.734. The van der Waals surface area contributed by atoms with Gasteiger partial charge in [0.25, 0.3) is 5.95 Å². The van der Waals surface area contributed by atoms with Gasteiger partial charge in [0, 0.05) is 11.8 Å². The predicted octanol–water partition coefficient (Wildman–Crippen LogP) is 1.14. The van der Waals surface area contributed by atoms with Crippen molar-refractivity contribution in [3.05, 3.63) is 12.7 Å². The van der Waals surface area contributed by atoms with Gasteiger partial charge in [-0.25, -0.2) is 4.98 Å². The molecule has 2 N–H and O–H groups in total. The summed E-state index contributed by atoms with van der Waals surface area (Å²) in [6.45, 7) is 6.51. The number of nitrogens with zero attached hydrogens (tertiary/aromatic N) is 6. The fraction of sp³-hybridized carbons (Fsp3) is 0.583. The lowest BCUT2D eigenvalue weighted by atomic mass is 10.3. The zero-order valence-corrected chi connectivity index (χ0v) is 13.1. The van der Waals surface area contributed by atoms with Gasteiger partial charge in [0.15, 0.2) is 5.16 Å². The third kappa shape index (κ3) is 4.36. The lowest BCUT2D eigenvalue weighted by molar-refractivity contribution is 0.196. The van der Waals surface area contributed by atoms with Gasteiger partial charge in [-0.1, -0.05) is 25.6 Å². The summed E-state index contributed by atoms with van der Waals surface area (Å²) < 4.78 is 1.48. The maximum Gasteiger partial charge on any atom is 0.257 e. The number of aliphatic hydroxyl groups excluding tert-OH is 1. The zero-order valence-electron chi connectivity index (χ0n) is 12.3. The Balaban J connectivity index is 2.28. The molecule has 9 heteroatoms. The molecule has 2 heterocycles. The normalized spacial score (nSPS) is 13.9. The van der Waals surface area contributed by atoms with Crippen molar-refractivity contribution in [3.63, 3.8) is 0 Å². The number of aliphatic hydroxyl groups is 1. The number of rotatable bonds is 7. The van der Waals surface area contributed by atoms with E-state index in [0.29, 0.717) is 17.1 Å². The Morgan fingerprint density at radius 2 is 2.14 bits per heavy atom. The Morgan fingerprint density at radius 1 is 1.33 bits per heavy atom. The summed E-state index contributed by atoms with van der Waals surface area (Å²) >= 11 is 1.40. The van der Waals surface area contributed by atoms with Crippen LogP contribution in [0.3, 0.4) is 0 Å². The second-order valence-electron chi connectivity index (χ2n) is 4.57. The van der Waals surface area contributed by atoms with Gasteiger partial charge in [0.1, 0.15) is 12.7 Å². The monoisotopic (exact) mass is 309 g/mol. The topological polar surface area (TPSA) is 102 Å². The molecular weight excluding hydrogens is 290 g/mol. The van der Waals surface area contributed by atoms with E-state index < -0.39 is 6.10 Å². The molecule has 0 aromatic carbocycles. The minimum atomic E-state index is -0.450. The van der Waals surface area contributed by atoms with Crippen LogP contribution >= 0.6 is 11.8 Å². The predicted molar refractivity (Wildman–Crippen MR) is 80.5 cm³/mol. The second kappa shape index (κ2) is 7.32. The molecule has 0 aliphatic carbocycles. The molecule has 2 aromatic heterocycles. The van der Waals surface area contributed by atoms with Gasteiger partial charge in [0.05, 0.1) is 6.10 Å². The summed E-state index contributed by atoms with van der Waals surface area (Å²) in [5.41, 5.74) is 0. The highest BCUT2D eigenvalue weighted by Gasteiger charge is 2.15. The van der Waals surface area contributed by atoms with Crippen molar-refractivity contribution in [2.45, 2.75) is 43.7 Å². The molecule has 0 radical (unpaired) electrons. The van der Waals surface area contributed by atoms with E-state index in [0.717, 1.165) is 13.0 Å². The molecule has 0 bridgehead atoms. The smallest absolute Gasteiger partial charge is 0.257 e. The van der Waals surface area contributed by atoms with Crippen LogP contribution in [0.1, 0.15) is 27.2 Å². The third-order valence-corrected chi connectivity index (χ3v) is 3.89. The standard InChI is InChI=1S/C12H19N7OS/c1-4-5-14-10-16-11(19-7-13-6-15-19)18-12(17-10)21-9(3)8(2)20/h6-9,20H,4-5H2,1-3H3,(H,14,16,17,18). The van der Waals surface area contributed by atoms with Gasteiger partial charge in [-0.15, -0.1) is 0 Å². The Bertz CT molecular complexity index is 561. The van der Waals surface area contributed by atoms with E-state index in [-0.39, 0.29) is 5.25 Å². The molecule has 8 nitrogen and oxygen atoms in total. The Hall–Kier alpha value is -1.74. The fourth-order valence-corrected chi connectivity index (χ4v) is 2.20. The van der Waals surface area contributed by atoms with Crippen molar-refractivity contribution in [2.24, 2.45) is 0 Å². The largest absolute Gasteiger partial charge is 0.392 e. The van der Waals surface area contributed by atoms with Crippen LogP contribution in [0.2, 0.25) is 0 Å². The molecule has 2 rings (SSSR count). The average molecular weight is 309 g/mol. The van der Waals surface area contributed by atoms with Gasteiger partial charge >= 0.3 is 0 Å². The van der Waals surface area contributed by atoms with Crippen molar-refractivity contribution in [1.29, 1.82) is 0 Å². The lowest BCUT2D eigenvalue weighted by Gasteiger charge is -2.14. The van der Waals surface area contributed by atoms with Crippen molar-refractivity contribution in [1.82, 2.24) is 29.7 Å². The highest BCUT2D eigenvalue weighted by Crippen LogP contribution is 2.23.